The molecule has 1 saturated carbocycles. The van der Waals surface area contributed by atoms with Crippen molar-refractivity contribution in [1.82, 2.24) is 9.78 Å². The molecule has 1 heterocycles. The van der Waals surface area contributed by atoms with Gasteiger partial charge in [-0.1, -0.05) is 6.92 Å². The minimum Gasteiger partial charge on any atom is -0.319 e. The first kappa shape index (κ1) is 13.7. The van der Waals surface area contributed by atoms with Crippen LogP contribution in [-0.2, 0) is 24.7 Å². The number of nitrogens with zero attached hydrogens (tertiary/aromatic N) is 2. The molecule has 1 aliphatic rings. The molecule has 0 spiro atoms. The summed E-state index contributed by atoms with van der Waals surface area (Å²) in [4.78, 5) is 12.3. The molecule has 1 atom stereocenters. The number of Topliss-reactive ketones (excluding diaryl/α,β-unsaturated/α-hetero) is 1. The highest BCUT2D eigenvalue weighted by Gasteiger charge is 2.43. The van der Waals surface area contributed by atoms with E-state index in [4.69, 9.17) is 5.73 Å². The summed E-state index contributed by atoms with van der Waals surface area (Å²) in [7, 11) is 1.87. The summed E-state index contributed by atoms with van der Waals surface area (Å²) in [6.07, 6.45) is 3.36. The number of nitrogens with two attached hydrogens (primary N) is 1. The fraction of sp³-hybridized carbons (Fsp3) is 0.692. The van der Waals surface area contributed by atoms with Gasteiger partial charge in [0.1, 0.15) is 0 Å². The average molecular weight is 314 g/mol. The van der Waals surface area contributed by atoms with Crippen LogP contribution in [0.2, 0.25) is 0 Å². The van der Waals surface area contributed by atoms with E-state index in [0.29, 0.717) is 12.3 Å². The SMILES string of the molecule is CCc1nn(C)c(CC(=O)C(C)(N)C2CC2)c1Br. The molecule has 2 N–H and O–H groups in total. The maximum atomic E-state index is 12.3. The van der Waals surface area contributed by atoms with Gasteiger partial charge in [0.05, 0.1) is 27.8 Å². The topological polar surface area (TPSA) is 60.9 Å². The van der Waals surface area contributed by atoms with Crippen molar-refractivity contribution < 1.29 is 4.79 Å². The Morgan fingerprint density at radius 2 is 2.22 bits per heavy atom. The molecule has 1 unspecified atom stereocenters. The second-order valence-electron chi connectivity index (χ2n) is 5.34. The minimum absolute atomic E-state index is 0.108. The third-order valence-corrected chi connectivity index (χ3v) is 4.77. The summed E-state index contributed by atoms with van der Waals surface area (Å²) in [5.41, 5.74) is 7.39. The molecule has 100 valence electrons. The molecule has 0 amide bonds. The molecule has 1 fully saturated rings. The molecule has 4 nitrogen and oxygen atoms in total. The lowest BCUT2D eigenvalue weighted by Crippen LogP contribution is -2.48. The number of carbonyl (C=O) groups is 1. The molecule has 0 aromatic carbocycles. The minimum atomic E-state index is -0.684. The fourth-order valence-electron chi connectivity index (χ4n) is 2.27. The summed E-state index contributed by atoms with van der Waals surface area (Å²) < 4.78 is 2.73. The number of hydrogen-bond acceptors (Lipinski definition) is 3. The molecule has 0 radical (unpaired) electrons. The Morgan fingerprint density at radius 1 is 1.61 bits per heavy atom. The Bertz CT molecular complexity index is 475. The van der Waals surface area contributed by atoms with Crippen molar-refractivity contribution in [3.8, 4) is 0 Å². The highest BCUT2D eigenvalue weighted by Crippen LogP contribution is 2.39. The third-order valence-electron chi connectivity index (χ3n) is 3.86. The van der Waals surface area contributed by atoms with Crippen molar-refractivity contribution in [1.29, 1.82) is 0 Å². The van der Waals surface area contributed by atoms with Gasteiger partial charge in [0.25, 0.3) is 0 Å². The van der Waals surface area contributed by atoms with Crippen LogP contribution in [0.25, 0.3) is 0 Å². The number of carbonyl (C=O) groups excluding carboxylic acids is 1. The Hall–Kier alpha value is -0.680. The maximum Gasteiger partial charge on any atom is 0.158 e. The molecule has 1 aromatic heterocycles. The Kier molecular flexibility index (Phi) is 3.65. The van der Waals surface area contributed by atoms with E-state index in [-0.39, 0.29) is 5.78 Å². The Balaban J connectivity index is 2.19. The first-order valence-corrected chi connectivity index (χ1v) is 7.19. The summed E-state index contributed by atoms with van der Waals surface area (Å²) in [6, 6.07) is 0. The van der Waals surface area contributed by atoms with E-state index in [2.05, 4.69) is 28.0 Å². The predicted molar refractivity (Wildman–Crippen MR) is 74.3 cm³/mol. The van der Waals surface area contributed by atoms with Crippen LogP contribution in [0.1, 0.15) is 38.1 Å². The lowest BCUT2D eigenvalue weighted by atomic mass is 9.89. The van der Waals surface area contributed by atoms with Gasteiger partial charge in [0.15, 0.2) is 5.78 Å². The van der Waals surface area contributed by atoms with Crippen LogP contribution >= 0.6 is 15.9 Å². The van der Waals surface area contributed by atoms with Crippen molar-refractivity contribution in [3.05, 3.63) is 15.9 Å². The largest absolute Gasteiger partial charge is 0.319 e. The first-order valence-electron chi connectivity index (χ1n) is 6.40. The second kappa shape index (κ2) is 4.78. The highest BCUT2D eigenvalue weighted by molar-refractivity contribution is 9.10. The number of halogens is 1. The van der Waals surface area contributed by atoms with Gasteiger partial charge in [-0.2, -0.15) is 5.10 Å². The van der Waals surface area contributed by atoms with Gasteiger partial charge >= 0.3 is 0 Å². The van der Waals surface area contributed by atoms with Crippen LogP contribution in [0.3, 0.4) is 0 Å². The summed E-state index contributed by atoms with van der Waals surface area (Å²) >= 11 is 3.53. The van der Waals surface area contributed by atoms with Crippen molar-refractivity contribution in [3.63, 3.8) is 0 Å². The first-order chi connectivity index (χ1) is 8.37. The molecule has 0 bridgehead atoms. The van der Waals surface area contributed by atoms with Crippen molar-refractivity contribution in [2.24, 2.45) is 18.7 Å². The van der Waals surface area contributed by atoms with E-state index < -0.39 is 5.54 Å². The summed E-state index contributed by atoms with van der Waals surface area (Å²) in [5, 5.41) is 4.40. The van der Waals surface area contributed by atoms with E-state index in [9.17, 15) is 4.79 Å². The third kappa shape index (κ3) is 2.38. The standard InChI is InChI=1S/C13H20BrN3O/c1-4-9-12(14)10(17(3)16-9)7-11(18)13(2,15)8-5-6-8/h8H,4-7,15H2,1-3H3. The zero-order valence-corrected chi connectivity index (χ0v) is 12.7. The van der Waals surface area contributed by atoms with Crippen LogP contribution in [0.4, 0.5) is 0 Å². The molecule has 0 aliphatic heterocycles. The molecule has 1 aromatic rings. The van der Waals surface area contributed by atoms with Gasteiger partial charge in [-0.3, -0.25) is 9.48 Å². The number of aryl methyl sites for hydroxylation is 2. The van der Waals surface area contributed by atoms with Crippen molar-refractivity contribution >= 4 is 21.7 Å². The second-order valence-corrected chi connectivity index (χ2v) is 6.13. The monoisotopic (exact) mass is 313 g/mol. The predicted octanol–water partition coefficient (Wildman–Crippen LogP) is 1.98. The van der Waals surface area contributed by atoms with E-state index >= 15 is 0 Å². The normalized spacial score (nSPS) is 18.7. The summed E-state index contributed by atoms with van der Waals surface area (Å²) in [5.74, 6) is 0.471. The Morgan fingerprint density at radius 3 is 2.67 bits per heavy atom. The maximum absolute atomic E-state index is 12.3. The van der Waals surface area contributed by atoms with Crippen LogP contribution < -0.4 is 5.73 Å². The highest BCUT2D eigenvalue weighted by atomic mass is 79.9. The van der Waals surface area contributed by atoms with Crippen LogP contribution in [-0.4, -0.2) is 21.1 Å². The van der Waals surface area contributed by atoms with Gasteiger partial charge in [0, 0.05) is 7.05 Å². The molecule has 2 rings (SSSR count). The van der Waals surface area contributed by atoms with Crippen molar-refractivity contribution in [2.45, 2.75) is 45.1 Å². The number of aromatic nitrogens is 2. The lowest BCUT2D eigenvalue weighted by molar-refractivity contribution is -0.123. The van der Waals surface area contributed by atoms with Crippen LogP contribution in [0.15, 0.2) is 4.47 Å². The van der Waals surface area contributed by atoms with Gasteiger partial charge < -0.3 is 5.73 Å². The molecule has 18 heavy (non-hydrogen) atoms. The van der Waals surface area contributed by atoms with Gasteiger partial charge in [-0.25, -0.2) is 0 Å². The molecular weight excluding hydrogens is 294 g/mol. The smallest absolute Gasteiger partial charge is 0.158 e. The van der Waals surface area contributed by atoms with Gasteiger partial charge in [-0.15, -0.1) is 0 Å². The van der Waals surface area contributed by atoms with E-state index in [1.54, 1.807) is 4.68 Å². The molecule has 0 saturated heterocycles. The quantitative estimate of drug-likeness (QED) is 0.904. The van der Waals surface area contributed by atoms with Gasteiger partial charge in [-0.05, 0) is 48.0 Å². The Labute approximate surface area is 116 Å². The summed E-state index contributed by atoms with van der Waals surface area (Å²) in [6.45, 7) is 3.91. The lowest BCUT2D eigenvalue weighted by Gasteiger charge is -2.22. The number of rotatable bonds is 5. The van der Waals surface area contributed by atoms with Crippen LogP contribution in [0, 0.1) is 5.92 Å². The van der Waals surface area contributed by atoms with Crippen molar-refractivity contribution in [2.75, 3.05) is 0 Å². The van der Waals surface area contributed by atoms with Crippen LogP contribution in [0.5, 0.6) is 0 Å². The van der Waals surface area contributed by atoms with E-state index in [1.807, 2.05) is 14.0 Å². The fourth-order valence-corrected chi connectivity index (χ4v) is 3.02. The zero-order chi connectivity index (χ0) is 13.5. The number of ketones is 1. The van der Waals surface area contributed by atoms with E-state index in [1.165, 1.54) is 0 Å². The zero-order valence-electron chi connectivity index (χ0n) is 11.2. The molecule has 1 aliphatic carbocycles. The molecular formula is C13H20BrN3O. The van der Waals surface area contributed by atoms with Gasteiger partial charge in [0.2, 0.25) is 0 Å². The number of hydrogen-bond donors (Lipinski definition) is 1. The average Bonchev–Trinajstić information content (AvgIpc) is 3.12. The van der Waals surface area contributed by atoms with E-state index in [0.717, 1.165) is 35.1 Å². The molecule has 5 heteroatoms.